The fraction of sp³-hybridized carbons (Fsp3) is 0.263. The van der Waals surface area contributed by atoms with E-state index in [4.69, 9.17) is 9.47 Å². The van der Waals surface area contributed by atoms with E-state index in [0.717, 1.165) is 16.8 Å². The number of nitrogens with one attached hydrogen (secondary N) is 2. The van der Waals surface area contributed by atoms with Gasteiger partial charge in [0, 0.05) is 24.0 Å². The Bertz CT molecular complexity index is 1100. The van der Waals surface area contributed by atoms with Crippen LogP contribution >= 0.6 is 0 Å². The van der Waals surface area contributed by atoms with Crippen LogP contribution in [0.1, 0.15) is 29.2 Å². The molecule has 1 aromatic carbocycles. The molecular formula is C19H19N5O4. The first-order valence-electron chi connectivity index (χ1n) is 8.69. The van der Waals surface area contributed by atoms with Crippen LogP contribution in [0.3, 0.4) is 0 Å². The van der Waals surface area contributed by atoms with E-state index >= 15 is 0 Å². The molecule has 1 aliphatic rings. The number of H-pyrrole nitrogens is 1. The molecule has 0 unspecified atom stereocenters. The Kier molecular flexibility index (Phi) is 4.34. The van der Waals surface area contributed by atoms with E-state index in [9.17, 15) is 9.59 Å². The molecule has 144 valence electrons. The van der Waals surface area contributed by atoms with E-state index in [-0.39, 0.29) is 23.8 Å². The number of hydrogen-bond donors (Lipinski definition) is 2. The number of rotatable bonds is 4. The Balaban J connectivity index is 1.85. The highest BCUT2D eigenvalue weighted by molar-refractivity contribution is 5.95. The molecule has 1 atom stereocenters. The highest BCUT2D eigenvalue weighted by Crippen LogP contribution is 2.42. The third kappa shape index (κ3) is 2.90. The fourth-order valence-corrected chi connectivity index (χ4v) is 3.52. The van der Waals surface area contributed by atoms with Gasteiger partial charge in [-0.05, 0) is 30.7 Å². The first kappa shape index (κ1) is 17.8. The van der Waals surface area contributed by atoms with Crippen LogP contribution in [0.5, 0.6) is 11.5 Å². The molecule has 3 aromatic rings. The maximum Gasteiger partial charge on any atom is 0.264 e. The standard InChI is InChI=1S/C19H19N5O4/c1-10-18-12(11-4-5-13(27-2)14(8-11)28-3)9-17(26)20-19(18)24(23-10)15-6-7-16(25)22-21-15/h4-8,12H,9H2,1-3H3,(H,20,26)(H,22,25)/t12-/m0/s1. The smallest absolute Gasteiger partial charge is 0.264 e. The summed E-state index contributed by atoms with van der Waals surface area (Å²) in [6, 6.07) is 8.54. The highest BCUT2D eigenvalue weighted by Gasteiger charge is 2.33. The van der Waals surface area contributed by atoms with Gasteiger partial charge < -0.3 is 14.8 Å². The van der Waals surface area contributed by atoms with Gasteiger partial charge in [0.15, 0.2) is 17.3 Å². The molecule has 2 N–H and O–H groups in total. The summed E-state index contributed by atoms with van der Waals surface area (Å²) in [7, 11) is 3.15. The van der Waals surface area contributed by atoms with Crippen molar-refractivity contribution in [1.82, 2.24) is 20.0 Å². The van der Waals surface area contributed by atoms with Crippen molar-refractivity contribution in [3.63, 3.8) is 0 Å². The van der Waals surface area contributed by atoms with Crippen LogP contribution in [0, 0.1) is 6.92 Å². The van der Waals surface area contributed by atoms with Crippen LogP contribution in [-0.2, 0) is 4.79 Å². The average molecular weight is 381 g/mol. The Morgan fingerprint density at radius 1 is 1.11 bits per heavy atom. The third-order valence-corrected chi connectivity index (χ3v) is 4.79. The van der Waals surface area contributed by atoms with E-state index < -0.39 is 0 Å². The number of aromatic nitrogens is 4. The van der Waals surface area contributed by atoms with Crippen LogP contribution in [0.15, 0.2) is 35.1 Å². The number of anilines is 1. The number of aryl methyl sites for hydroxylation is 1. The van der Waals surface area contributed by atoms with Crippen molar-refractivity contribution in [3.05, 3.63) is 57.5 Å². The first-order chi connectivity index (χ1) is 13.5. The van der Waals surface area contributed by atoms with Gasteiger partial charge in [0.2, 0.25) is 5.91 Å². The quantitative estimate of drug-likeness (QED) is 0.712. The molecule has 2 aromatic heterocycles. The zero-order valence-electron chi connectivity index (χ0n) is 15.6. The van der Waals surface area contributed by atoms with Crippen molar-refractivity contribution in [2.45, 2.75) is 19.3 Å². The lowest BCUT2D eigenvalue weighted by atomic mass is 9.85. The molecule has 0 fully saturated rings. The van der Waals surface area contributed by atoms with Gasteiger partial charge in [-0.1, -0.05) is 6.07 Å². The average Bonchev–Trinajstić information content (AvgIpc) is 3.03. The molecule has 3 heterocycles. The van der Waals surface area contributed by atoms with Gasteiger partial charge in [-0.2, -0.15) is 14.9 Å². The monoisotopic (exact) mass is 381 g/mol. The Labute approximate surface area is 160 Å². The molecule has 0 saturated carbocycles. The molecule has 4 rings (SSSR count). The minimum atomic E-state index is -0.311. The summed E-state index contributed by atoms with van der Waals surface area (Å²) in [5.74, 6) is 1.86. The molecule has 0 spiro atoms. The van der Waals surface area contributed by atoms with E-state index in [0.29, 0.717) is 23.1 Å². The molecule has 9 nitrogen and oxygen atoms in total. The Morgan fingerprint density at radius 2 is 1.89 bits per heavy atom. The summed E-state index contributed by atoms with van der Waals surface area (Å²) in [5.41, 5.74) is 2.28. The highest BCUT2D eigenvalue weighted by atomic mass is 16.5. The predicted molar refractivity (Wildman–Crippen MR) is 101 cm³/mol. The number of fused-ring (bicyclic) bond motifs is 1. The number of carbonyl (C=O) groups is 1. The van der Waals surface area contributed by atoms with Gasteiger partial charge in [-0.3, -0.25) is 9.59 Å². The maximum atomic E-state index is 12.4. The summed E-state index contributed by atoms with van der Waals surface area (Å²) < 4.78 is 12.2. The summed E-state index contributed by atoms with van der Waals surface area (Å²) in [4.78, 5) is 23.8. The van der Waals surface area contributed by atoms with E-state index in [2.05, 4.69) is 20.6 Å². The second-order valence-corrected chi connectivity index (χ2v) is 6.46. The molecule has 9 heteroatoms. The largest absolute Gasteiger partial charge is 0.493 e. The topological polar surface area (TPSA) is 111 Å². The lowest BCUT2D eigenvalue weighted by molar-refractivity contribution is -0.116. The molecule has 0 saturated heterocycles. The van der Waals surface area contributed by atoms with Gasteiger partial charge >= 0.3 is 0 Å². The summed E-state index contributed by atoms with van der Waals surface area (Å²) in [5, 5.41) is 13.8. The fourth-order valence-electron chi connectivity index (χ4n) is 3.52. The van der Waals surface area contributed by atoms with Crippen LogP contribution in [0.4, 0.5) is 5.82 Å². The molecule has 0 bridgehead atoms. The number of methoxy groups -OCH3 is 2. The second-order valence-electron chi connectivity index (χ2n) is 6.46. The minimum absolute atomic E-state index is 0.127. The minimum Gasteiger partial charge on any atom is -0.493 e. The van der Waals surface area contributed by atoms with Crippen LogP contribution in [-0.4, -0.2) is 40.1 Å². The van der Waals surface area contributed by atoms with Crippen molar-refractivity contribution in [3.8, 4) is 17.3 Å². The van der Waals surface area contributed by atoms with Gasteiger partial charge in [0.25, 0.3) is 5.56 Å². The molecule has 0 radical (unpaired) electrons. The number of amides is 1. The van der Waals surface area contributed by atoms with Gasteiger partial charge in [0.05, 0.1) is 19.9 Å². The zero-order valence-corrected chi connectivity index (χ0v) is 15.6. The zero-order chi connectivity index (χ0) is 19.8. The summed E-state index contributed by atoms with van der Waals surface area (Å²) in [6.07, 6.45) is 0.286. The normalized spacial score (nSPS) is 15.7. The maximum absolute atomic E-state index is 12.4. The number of hydrogen-bond acceptors (Lipinski definition) is 6. The van der Waals surface area contributed by atoms with Gasteiger partial charge in [0.1, 0.15) is 5.82 Å². The van der Waals surface area contributed by atoms with Gasteiger partial charge in [-0.15, -0.1) is 0 Å². The SMILES string of the molecule is COc1ccc([C@@H]2CC(=O)Nc3c2c(C)nn3-c2ccc(=O)[nH]n2)cc1OC. The third-order valence-electron chi connectivity index (χ3n) is 4.79. The summed E-state index contributed by atoms with van der Waals surface area (Å²) in [6.45, 7) is 1.88. The van der Waals surface area contributed by atoms with Crippen molar-refractivity contribution in [2.24, 2.45) is 0 Å². The van der Waals surface area contributed by atoms with Crippen molar-refractivity contribution < 1.29 is 14.3 Å². The van der Waals surface area contributed by atoms with E-state index in [1.54, 1.807) is 20.3 Å². The Hall–Kier alpha value is -3.62. The number of benzene rings is 1. The number of nitrogens with zero attached hydrogens (tertiary/aromatic N) is 3. The Morgan fingerprint density at radius 3 is 2.57 bits per heavy atom. The van der Waals surface area contributed by atoms with Crippen molar-refractivity contribution in [2.75, 3.05) is 19.5 Å². The van der Waals surface area contributed by atoms with Gasteiger partial charge in [-0.25, -0.2) is 5.10 Å². The molecule has 0 aliphatic carbocycles. The second kappa shape index (κ2) is 6.84. The van der Waals surface area contributed by atoms with E-state index in [1.807, 2.05) is 25.1 Å². The lowest BCUT2D eigenvalue weighted by Crippen LogP contribution is -2.25. The first-order valence-corrected chi connectivity index (χ1v) is 8.69. The van der Waals surface area contributed by atoms with Crippen molar-refractivity contribution >= 4 is 11.7 Å². The summed E-state index contributed by atoms with van der Waals surface area (Å²) >= 11 is 0. The number of ether oxygens (including phenoxy) is 2. The molecule has 28 heavy (non-hydrogen) atoms. The molecular weight excluding hydrogens is 362 g/mol. The number of carbonyl (C=O) groups excluding carboxylic acids is 1. The lowest BCUT2D eigenvalue weighted by Gasteiger charge is -2.24. The molecule has 1 aliphatic heterocycles. The van der Waals surface area contributed by atoms with Crippen LogP contribution in [0.25, 0.3) is 5.82 Å². The molecule has 1 amide bonds. The van der Waals surface area contributed by atoms with Crippen molar-refractivity contribution in [1.29, 1.82) is 0 Å². The van der Waals surface area contributed by atoms with E-state index in [1.165, 1.54) is 10.7 Å². The number of aromatic amines is 1. The van der Waals surface area contributed by atoms with Crippen LogP contribution in [0.2, 0.25) is 0 Å². The predicted octanol–water partition coefficient (Wildman–Crippen LogP) is 1.76. The van der Waals surface area contributed by atoms with Crippen LogP contribution < -0.4 is 20.3 Å².